The summed E-state index contributed by atoms with van der Waals surface area (Å²) in [5.74, 6) is -3.13. The molecule has 30 nitrogen and oxygen atoms in total. The molecule has 0 radical (unpaired) electrons. The second-order valence-electron chi connectivity index (χ2n) is 35.9. The molecule has 52 heteroatoms. The van der Waals surface area contributed by atoms with E-state index in [-0.39, 0.29) is 132 Å². The molecular weight excluding hydrogens is 2170 g/mol. The Morgan fingerprint density at radius 3 is 1.22 bits per heavy atom. The Kier molecular flexibility index (Phi) is 46.3. The highest BCUT2D eigenvalue weighted by Crippen LogP contribution is 2.44. The van der Waals surface area contributed by atoms with E-state index in [1.807, 2.05) is 20.8 Å². The topological polar surface area (TPSA) is 378 Å². The zero-order valence-corrected chi connectivity index (χ0v) is 92.0. The first kappa shape index (κ1) is 126. The molecule has 8 heterocycles. The highest BCUT2D eigenvalue weighted by molar-refractivity contribution is 7.92. The van der Waals surface area contributed by atoms with E-state index in [0.29, 0.717) is 144 Å². The number of carbonyl (C=O) groups excluding carboxylic acids is 3. The predicted octanol–water partition coefficient (Wildman–Crippen LogP) is 18.2. The molecule has 5 aromatic carbocycles. The number of carbonyl (C=O) groups is 3. The third-order valence-electron chi connectivity index (χ3n) is 23.7. The number of methoxy groups -OCH3 is 1. The van der Waals surface area contributed by atoms with E-state index in [9.17, 15) is 122 Å². The predicted molar refractivity (Wildman–Crippen MR) is 532 cm³/mol. The molecule has 0 spiro atoms. The van der Waals surface area contributed by atoms with Gasteiger partial charge in [-0.25, -0.2) is 59.7 Å². The van der Waals surface area contributed by atoms with Gasteiger partial charge >= 0.3 is 42.6 Å². The molecule has 0 saturated carbocycles. The maximum Gasteiger partial charge on any atom is 0.425 e. The average Bonchev–Trinajstić information content (AvgIpc) is 1.07. The summed E-state index contributed by atoms with van der Waals surface area (Å²) in [5, 5.41) is 0. The average molecular weight is 2300 g/mol. The first-order valence-electron chi connectivity index (χ1n) is 47.5. The van der Waals surface area contributed by atoms with Crippen LogP contribution in [0.25, 0.3) is 17.2 Å². The summed E-state index contributed by atoms with van der Waals surface area (Å²) >= 11 is 7.57. The fraction of sp³-hybridized carbons (Fsp3) is 0.557. The number of likely N-dealkylation sites (N-methyl/N-ethyl adjacent to an activating group) is 6. The minimum atomic E-state index is -4.72. The van der Waals surface area contributed by atoms with Gasteiger partial charge in [-0.3, -0.25) is 9.59 Å². The lowest BCUT2D eigenvalue weighted by atomic mass is 9.94. The van der Waals surface area contributed by atoms with Crippen molar-refractivity contribution in [2.45, 2.75) is 240 Å². The van der Waals surface area contributed by atoms with Crippen molar-refractivity contribution >= 4 is 118 Å². The van der Waals surface area contributed by atoms with E-state index >= 15 is 0 Å². The normalized spacial score (nSPS) is 18.1. The number of unbranched alkanes of at least 4 members (excludes halogenated alkanes) is 3. The fourth-order valence-corrected chi connectivity index (χ4v) is 25.8. The van der Waals surface area contributed by atoms with Gasteiger partial charge in [0.1, 0.15) is 19.1 Å². The first-order chi connectivity index (χ1) is 69.4. The van der Waals surface area contributed by atoms with Crippen LogP contribution in [0.1, 0.15) is 186 Å². The number of halogens is 14. The molecule has 149 heavy (non-hydrogen) atoms. The number of alkyl halides is 12. The second kappa shape index (κ2) is 54.6. The molecule has 0 bridgehead atoms. The first-order valence-corrected chi connectivity index (χ1v) is 58.2. The lowest BCUT2D eigenvalue weighted by Crippen LogP contribution is -2.31. The Bertz CT molecular complexity index is 6460. The number of thiophene rings is 2. The largest absolute Gasteiger partial charge is 0.469 e. The molecule has 0 aliphatic carbocycles. The highest BCUT2D eigenvalue weighted by Gasteiger charge is 2.44. The van der Waals surface area contributed by atoms with Crippen LogP contribution >= 0.6 is 34.3 Å². The van der Waals surface area contributed by atoms with E-state index in [0.717, 1.165) is 84.4 Å². The van der Waals surface area contributed by atoms with Crippen molar-refractivity contribution in [2.24, 2.45) is 0 Å². The van der Waals surface area contributed by atoms with Crippen molar-refractivity contribution in [3.05, 3.63) is 180 Å². The Morgan fingerprint density at radius 1 is 0.443 bits per heavy atom. The Hall–Kier alpha value is -7.75. The number of hydrogen-bond acceptors (Lipinski definition) is 26. The molecule has 6 saturated heterocycles. The minimum absolute atomic E-state index is 0.0227. The van der Waals surface area contributed by atoms with Crippen LogP contribution in [0.5, 0.6) is 0 Å². The van der Waals surface area contributed by atoms with Crippen LogP contribution in [0, 0.1) is 5.82 Å². The van der Waals surface area contributed by atoms with Crippen molar-refractivity contribution < 1.29 is 165 Å². The second-order valence-corrected chi connectivity index (χ2v) is 51.3. The Morgan fingerprint density at radius 2 is 0.826 bits per heavy atom. The van der Waals surface area contributed by atoms with Crippen molar-refractivity contribution in [3.8, 4) is 11.1 Å². The third-order valence-corrected chi connectivity index (χ3v) is 38.2. The van der Waals surface area contributed by atoms with Gasteiger partial charge in [0.25, 0.3) is 20.0 Å². The Balaban J connectivity index is 0.000000219. The number of aryl methyl sites for hydroxylation is 4. The van der Waals surface area contributed by atoms with Gasteiger partial charge in [0.05, 0.1) is 144 Å². The summed E-state index contributed by atoms with van der Waals surface area (Å²) in [6.45, 7) is 18.8. The number of ether oxygens (including phenoxy) is 9. The molecule has 6 aliphatic heterocycles. The lowest BCUT2D eigenvalue weighted by molar-refractivity contribution is -0.143. The number of benzene rings is 5. The van der Waals surface area contributed by atoms with E-state index in [1.54, 1.807) is 65.1 Å². The quantitative estimate of drug-likeness (QED) is 0.0112. The summed E-state index contributed by atoms with van der Waals surface area (Å²) in [5.41, 5.74) is 0.542. The SMILES string of the molecule is CCCCc1cc(C(F)(F)F)cc(S(=O)(=O)N(C)C[C@H]2CO2)c1.CCCCc1cc(S(=O)(=O)N(C)C[C@H]2CO2)sc1C(F)(F)F.CCCCc1cc(S(=O)(=O)N(C)C[C@H]2CO2)sc1Cl.CCOC(=O)C=Cc1cccc(F)c1-c1ccc(S(=O)(=O)N(C)C[C@H]2CO2)c(CC)c1.CCOC(=O)CC(C)c1cc(C(F)(F)F)cc(S(=O)(=O)N(C)C[C@H]2CO2)c1.COC(=O)CCC(C)c1cc(C(F)(F)F)cc(S(=O)(=O)N(C)C[C@H]2CO2)c1. The zero-order chi connectivity index (χ0) is 111. The molecule has 13 rings (SSSR count). The van der Waals surface area contributed by atoms with Gasteiger partial charge in [-0.05, 0) is 213 Å². The molecule has 2 aromatic heterocycles. The number of nitrogens with zero attached hydrogens (tertiary/aromatic N) is 6. The minimum Gasteiger partial charge on any atom is -0.469 e. The summed E-state index contributed by atoms with van der Waals surface area (Å²) in [7, 11) is -13.6. The molecule has 834 valence electrons. The molecular formula is C97H126ClF13N6O24S8. The zero-order valence-electron chi connectivity index (χ0n) is 84.7. The number of sulfonamides is 6. The van der Waals surface area contributed by atoms with Crippen LogP contribution in [0.4, 0.5) is 57.1 Å². The van der Waals surface area contributed by atoms with Gasteiger partial charge in [0.2, 0.25) is 40.1 Å². The highest BCUT2D eigenvalue weighted by atomic mass is 35.5. The number of hydrogen-bond donors (Lipinski definition) is 0. The fourth-order valence-electron chi connectivity index (χ4n) is 14.5. The molecule has 6 aliphatic rings. The monoisotopic (exact) mass is 2300 g/mol. The van der Waals surface area contributed by atoms with Crippen LogP contribution in [-0.2, 0) is 168 Å². The van der Waals surface area contributed by atoms with Crippen LogP contribution in [0.2, 0.25) is 4.34 Å². The van der Waals surface area contributed by atoms with Gasteiger partial charge in [-0.1, -0.05) is 90.6 Å². The number of epoxide rings is 6. The molecule has 7 aromatic rings. The van der Waals surface area contributed by atoms with Crippen LogP contribution in [0.3, 0.4) is 0 Å². The molecule has 2 unspecified atom stereocenters. The van der Waals surface area contributed by atoms with E-state index in [2.05, 4.69) is 11.7 Å². The van der Waals surface area contributed by atoms with Gasteiger partial charge in [-0.15, -0.1) is 22.7 Å². The van der Waals surface area contributed by atoms with Crippen molar-refractivity contribution in [1.29, 1.82) is 0 Å². The molecule has 0 amide bonds. The maximum atomic E-state index is 14.8. The molecule has 8 atom stereocenters. The lowest BCUT2D eigenvalue weighted by Gasteiger charge is -2.20. The smallest absolute Gasteiger partial charge is 0.425 e. The van der Waals surface area contributed by atoms with Crippen molar-refractivity contribution in [2.75, 3.05) is 142 Å². The van der Waals surface area contributed by atoms with Gasteiger partial charge < -0.3 is 42.6 Å². The van der Waals surface area contributed by atoms with Gasteiger partial charge in [0, 0.05) is 99.6 Å². The summed E-state index contributed by atoms with van der Waals surface area (Å²) < 4.78 is 376. The summed E-state index contributed by atoms with van der Waals surface area (Å²) in [6, 6.07) is 20.8. The number of rotatable bonds is 46. The van der Waals surface area contributed by atoms with Crippen LogP contribution in [0.15, 0.2) is 137 Å². The summed E-state index contributed by atoms with van der Waals surface area (Å²) in [4.78, 5) is 32.8. The van der Waals surface area contributed by atoms with Gasteiger partial charge in [-0.2, -0.15) is 78.5 Å². The third kappa shape index (κ3) is 38.1. The Labute approximate surface area is 875 Å². The van der Waals surface area contributed by atoms with Crippen molar-refractivity contribution in [1.82, 2.24) is 25.8 Å². The maximum absolute atomic E-state index is 14.8. The van der Waals surface area contributed by atoms with E-state index in [1.165, 1.54) is 99.5 Å². The van der Waals surface area contributed by atoms with E-state index < -0.39 is 152 Å². The van der Waals surface area contributed by atoms with Crippen molar-refractivity contribution in [3.63, 3.8) is 0 Å². The number of esters is 3. The molecule has 0 N–H and O–H groups in total. The molecule has 6 fully saturated rings. The van der Waals surface area contributed by atoms with E-state index in [4.69, 9.17) is 49.5 Å². The van der Waals surface area contributed by atoms with Crippen LogP contribution in [-0.4, -0.2) is 272 Å². The van der Waals surface area contributed by atoms with Gasteiger partial charge in [0.15, 0.2) is 0 Å². The van der Waals surface area contributed by atoms with Crippen LogP contribution < -0.4 is 0 Å². The summed E-state index contributed by atoms with van der Waals surface area (Å²) in [6.07, 6.45) is -9.61. The standard InChI is InChI=1S/C23H26FNO5S.2C17H22F3NO5S.C15H20F3NO3S.C13H18F3NO3S2.C12H18ClNO3S2/c1-4-16-13-18(9-11-21(16)31(27,28)25(3)14-19-15-30-19)23-17(7-6-8-20(23)24)10-12-22(26)29-5-2;1-11(4-5-16(22)25-3)12-6-13(17(18,19)20)8-15(7-12)27(23,24)21(2)9-14-10-26-14;1-4-25-16(22)5-11(2)12-6-13(17(18,19)20)8-15(7-12)27(23,24)21(3)9-14-10-26-14;1-3-4-5-11-6-12(15(16,17)18)8-14(7-11)23(20,21)19(2)9-13-10-22-13;1-3-4-5-9-6-11(21-12(9)13(14,15)16)22(18,19)17(2)7-10-8-20-10;1-3-4-5-9-6-11(18-12(9)13)19(15,16)14(2)7-10-8-17-10/h6-13,19H,4-5,14-15H2,1-3H3;2*6-8,11,14H,4-5,9-10H2,1-3H3;6-8,13H,3-5,9-10H2,1-2H3;6,10H,3-5,7-8H2,1-2H3;6,10H,3-5,7-8H2,1-2H3/t19-;2*11?,14-;13-;2*10-/m000000/s1.